The summed E-state index contributed by atoms with van der Waals surface area (Å²) in [6.07, 6.45) is 2.72. The molecule has 162 valence electrons. The van der Waals surface area contributed by atoms with E-state index in [4.69, 9.17) is 33.9 Å². The van der Waals surface area contributed by atoms with E-state index in [1.165, 1.54) is 0 Å². The first kappa shape index (κ1) is 24.8. The van der Waals surface area contributed by atoms with E-state index in [0.717, 1.165) is 25.0 Å². The van der Waals surface area contributed by atoms with E-state index < -0.39 is 0 Å². The minimum atomic E-state index is 0.0454. The topological polar surface area (TPSA) is 86.6 Å². The standard InChI is InChI=1S/C21H36O7/c22-9-14-24-11-6-20(7-12-25-15-10-23)8-13-26-16-17-27-18-19-28-21-4-2-1-3-5-21/h1-5,20,22-23H,6-19H2. The van der Waals surface area contributed by atoms with Crippen LogP contribution >= 0.6 is 0 Å². The Morgan fingerprint density at radius 2 is 1.04 bits per heavy atom. The average Bonchev–Trinajstić information content (AvgIpc) is 2.73. The Kier molecular flexibility index (Phi) is 16.9. The van der Waals surface area contributed by atoms with Crippen molar-refractivity contribution in [3.63, 3.8) is 0 Å². The Bertz CT molecular complexity index is 418. The van der Waals surface area contributed by atoms with Gasteiger partial charge in [0.05, 0.1) is 46.2 Å². The van der Waals surface area contributed by atoms with Crippen molar-refractivity contribution >= 4 is 0 Å². The molecule has 7 heteroatoms. The molecule has 0 radical (unpaired) electrons. The van der Waals surface area contributed by atoms with Gasteiger partial charge in [-0.2, -0.15) is 0 Å². The van der Waals surface area contributed by atoms with Gasteiger partial charge in [-0.15, -0.1) is 0 Å². The van der Waals surface area contributed by atoms with Crippen LogP contribution in [0.25, 0.3) is 0 Å². The Labute approximate surface area is 168 Å². The van der Waals surface area contributed by atoms with Crippen LogP contribution in [-0.2, 0) is 18.9 Å². The van der Waals surface area contributed by atoms with Crippen molar-refractivity contribution in [2.45, 2.75) is 19.3 Å². The van der Waals surface area contributed by atoms with Crippen LogP contribution in [0.1, 0.15) is 19.3 Å². The van der Waals surface area contributed by atoms with Crippen molar-refractivity contribution < 1.29 is 33.9 Å². The third-order valence-corrected chi connectivity index (χ3v) is 4.09. The summed E-state index contributed by atoms with van der Waals surface area (Å²) in [5, 5.41) is 17.5. The van der Waals surface area contributed by atoms with Crippen LogP contribution in [0.5, 0.6) is 5.75 Å². The monoisotopic (exact) mass is 400 g/mol. The summed E-state index contributed by atoms with van der Waals surface area (Å²) in [4.78, 5) is 0. The van der Waals surface area contributed by atoms with Gasteiger partial charge in [0.2, 0.25) is 0 Å². The number of aliphatic hydroxyl groups is 2. The summed E-state index contributed by atoms with van der Waals surface area (Å²) in [5.74, 6) is 1.27. The summed E-state index contributed by atoms with van der Waals surface area (Å²) in [5.41, 5.74) is 0. The lowest BCUT2D eigenvalue weighted by molar-refractivity contribution is 0.0259. The second-order valence-electron chi connectivity index (χ2n) is 6.29. The fourth-order valence-electron chi connectivity index (χ4n) is 2.57. The number of para-hydroxylation sites is 1. The van der Waals surface area contributed by atoms with Gasteiger partial charge >= 0.3 is 0 Å². The molecule has 0 bridgehead atoms. The zero-order chi connectivity index (χ0) is 20.1. The van der Waals surface area contributed by atoms with Crippen LogP contribution in [0.15, 0.2) is 30.3 Å². The first-order valence-electron chi connectivity index (χ1n) is 10.1. The number of benzene rings is 1. The van der Waals surface area contributed by atoms with Crippen molar-refractivity contribution in [3.05, 3.63) is 30.3 Å². The van der Waals surface area contributed by atoms with Gasteiger partial charge in [-0.05, 0) is 37.3 Å². The highest BCUT2D eigenvalue weighted by Gasteiger charge is 2.09. The first-order valence-corrected chi connectivity index (χ1v) is 10.1. The Morgan fingerprint density at radius 1 is 0.571 bits per heavy atom. The van der Waals surface area contributed by atoms with E-state index in [0.29, 0.717) is 65.4 Å². The van der Waals surface area contributed by atoms with Crippen LogP contribution < -0.4 is 4.74 Å². The van der Waals surface area contributed by atoms with E-state index in [1.807, 2.05) is 30.3 Å². The molecule has 28 heavy (non-hydrogen) atoms. The zero-order valence-corrected chi connectivity index (χ0v) is 16.8. The lowest BCUT2D eigenvalue weighted by Gasteiger charge is -2.17. The number of aliphatic hydroxyl groups excluding tert-OH is 2. The van der Waals surface area contributed by atoms with Gasteiger partial charge in [0.25, 0.3) is 0 Å². The maximum absolute atomic E-state index is 8.76. The van der Waals surface area contributed by atoms with Crippen molar-refractivity contribution in [2.75, 3.05) is 72.7 Å². The summed E-state index contributed by atoms with van der Waals surface area (Å²) in [6, 6.07) is 9.67. The van der Waals surface area contributed by atoms with E-state index in [2.05, 4.69) is 0 Å². The van der Waals surface area contributed by atoms with E-state index in [9.17, 15) is 0 Å². The molecule has 1 aromatic carbocycles. The van der Waals surface area contributed by atoms with Crippen LogP contribution in [0.3, 0.4) is 0 Å². The van der Waals surface area contributed by atoms with Crippen molar-refractivity contribution in [2.24, 2.45) is 5.92 Å². The maximum atomic E-state index is 8.76. The van der Waals surface area contributed by atoms with Gasteiger partial charge in [-0.25, -0.2) is 0 Å². The van der Waals surface area contributed by atoms with Gasteiger partial charge in [0.15, 0.2) is 0 Å². The number of rotatable bonds is 20. The van der Waals surface area contributed by atoms with Crippen LogP contribution in [0, 0.1) is 5.92 Å². The smallest absolute Gasteiger partial charge is 0.119 e. The van der Waals surface area contributed by atoms with Crippen LogP contribution in [0.4, 0.5) is 0 Å². The third kappa shape index (κ3) is 14.8. The predicted molar refractivity (Wildman–Crippen MR) is 107 cm³/mol. The molecule has 0 unspecified atom stereocenters. The largest absolute Gasteiger partial charge is 0.491 e. The highest BCUT2D eigenvalue weighted by molar-refractivity contribution is 5.20. The van der Waals surface area contributed by atoms with Crippen molar-refractivity contribution in [3.8, 4) is 5.75 Å². The van der Waals surface area contributed by atoms with Crippen molar-refractivity contribution in [1.29, 1.82) is 0 Å². The SMILES string of the molecule is OCCOCCC(CCOCCO)CCOCCOCCOc1ccccc1. The average molecular weight is 401 g/mol. The number of hydrogen-bond donors (Lipinski definition) is 2. The molecular formula is C21H36O7. The first-order chi connectivity index (χ1) is 13.9. The molecule has 2 N–H and O–H groups in total. The minimum absolute atomic E-state index is 0.0454. The number of ether oxygens (including phenoxy) is 5. The fourth-order valence-corrected chi connectivity index (χ4v) is 2.57. The highest BCUT2D eigenvalue weighted by Crippen LogP contribution is 2.14. The summed E-state index contributed by atoms with van der Waals surface area (Å²) < 4.78 is 27.4. The van der Waals surface area contributed by atoms with E-state index >= 15 is 0 Å². The maximum Gasteiger partial charge on any atom is 0.119 e. The summed E-state index contributed by atoms with van der Waals surface area (Å²) >= 11 is 0. The van der Waals surface area contributed by atoms with E-state index in [1.54, 1.807) is 0 Å². The predicted octanol–water partition coefficient (Wildman–Crippen LogP) is 1.90. The van der Waals surface area contributed by atoms with Gasteiger partial charge in [-0.3, -0.25) is 0 Å². The second-order valence-corrected chi connectivity index (χ2v) is 6.29. The summed E-state index contributed by atoms with van der Waals surface area (Å²) in [7, 11) is 0. The molecule has 0 aliphatic rings. The Balaban J connectivity index is 2.00. The second kappa shape index (κ2) is 19.1. The van der Waals surface area contributed by atoms with Gasteiger partial charge < -0.3 is 33.9 Å². The molecular weight excluding hydrogens is 364 g/mol. The van der Waals surface area contributed by atoms with Crippen LogP contribution in [-0.4, -0.2) is 82.9 Å². The Morgan fingerprint density at radius 3 is 1.57 bits per heavy atom. The zero-order valence-electron chi connectivity index (χ0n) is 16.8. The summed E-state index contributed by atoms with van der Waals surface area (Å²) in [6.45, 7) is 4.89. The molecule has 7 nitrogen and oxygen atoms in total. The Hall–Kier alpha value is -1.22. The van der Waals surface area contributed by atoms with Gasteiger partial charge in [0, 0.05) is 19.8 Å². The van der Waals surface area contributed by atoms with Crippen LogP contribution in [0.2, 0.25) is 0 Å². The quantitative estimate of drug-likeness (QED) is 0.323. The molecule has 0 aromatic heterocycles. The van der Waals surface area contributed by atoms with E-state index in [-0.39, 0.29) is 13.2 Å². The lowest BCUT2D eigenvalue weighted by atomic mass is 9.99. The molecule has 0 heterocycles. The normalized spacial score (nSPS) is 11.2. The minimum Gasteiger partial charge on any atom is -0.491 e. The fraction of sp³-hybridized carbons (Fsp3) is 0.714. The lowest BCUT2D eigenvalue weighted by Crippen LogP contribution is -2.15. The highest BCUT2D eigenvalue weighted by atomic mass is 16.5. The van der Waals surface area contributed by atoms with Gasteiger partial charge in [0.1, 0.15) is 12.4 Å². The molecule has 0 aliphatic carbocycles. The molecule has 1 aromatic rings. The third-order valence-electron chi connectivity index (χ3n) is 4.09. The molecule has 0 saturated carbocycles. The van der Waals surface area contributed by atoms with Crippen molar-refractivity contribution in [1.82, 2.24) is 0 Å². The molecule has 1 rings (SSSR count). The molecule has 0 amide bonds. The molecule has 0 saturated heterocycles. The molecule has 0 aliphatic heterocycles. The molecule has 0 spiro atoms. The molecule has 0 atom stereocenters. The molecule has 0 fully saturated rings. The number of hydrogen-bond acceptors (Lipinski definition) is 7. The van der Waals surface area contributed by atoms with Gasteiger partial charge in [-0.1, -0.05) is 18.2 Å².